The normalized spacial score (nSPS) is 13.0. The van der Waals surface area contributed by atoms with Crippen molar-refractivity contribution in [1.29, 1.82) is 0 Å². The van der Waals surface area contributed by atoms with Crippen LogP contribution in [0, 0.1) is 20.8 Å². The Bertz CT molecular complexity index is 915. The number of sulfonamides is 1. The predicted octanol–water partition coefficient (Wildman–Crippen LogP) is 2.33. The van der Waals surface area contributed by atoms with Crippen LogP contribution >= 0.6 is 0 Å². The van der Waals surface area contributed by atoms with Gasteiger partial charge in [0.25, 0.3) is 0 Å². The van der Waals surface area contributed by atoms with Crippen LogP contribution < -0.4 is 5.32 Å². The third-order valence-electron chi connectivity index (χ3n) is 4.57. The predicted molar refractivity (Wildman–Crippen MR) is 105 cm³/mol. The van der Waals surface area contributed by atoms with E-state index in [0.29, 0.717) is 11.4 Å². The van der Waals surface area contributed by atoms with Gasteiger partial charge in [-0.05, 0) is 32.8 Å². The lowest BCUT2D eigenvalue weighted by Gasteiger charge is -2.18. The molecule has 1 N–H and O–H groups in total. The molecule has 7 nitrogen and oxygen atoms in total. The lowest BCUT2D eigenvalue weighted by atomic mass is 10.0. The van der Waals surface area contributed by atoms with E-state index in [9.17, 15) is 13.2 Å². The van der Waals surface area contributed by atoms with E-state index in [1.807, 2.05) is 38.1 Å². The highest BCUT2D eigenvalue weighted by molar-refractivity contribution is 7.89. The zero-order valence-corrected chi connectivity index (χ0v) is 17.6. The van der Waals surface area contributed by atoms with Crippen LogP contribution in [0.15, 0.2) is 29.2 Å². The Labute approximate surface area is 161 Å². The van der Waals surface area contributed by atoms with E-state index in [-0.39, 0.29) is 23.4 Å². The molecule has 27 heavy (non-hydrogen) atoms. The first-order chi connectivity index (χ1) is 12.6. The van der Waals surface area contributed by atoms with Gasteiger partial charge in [0.15, 0.2) is 0 Å². The smallest absolute Gasteiger partial charge is 0.246 e. The summed E-state index contributed by atoms with van der Waals surface area (Å²) in [6.07, 6.45) is 0.756. The number of carbonyl (C=O) groups is 1. The summed E-state index contributed by atoms with van der Waals surface area (Å²) in [5.74, 6) is -0.207. The summed E-state index contributed by atoms with van der Waals surface area (Å²) < 4.78 is 27.6. The van der Waals surface area contributed by atoms with Crippen LogP contribution in [0.1, 0.15) is 41.9 Å². The Kier molecular flexibility index (Phi) is 6.43. The van der Waals surface area contributed by atoms with Crippen molar-refractivity contribution in [2.75, 3.05) is 14.1 Å². The van der Waals surface area contributed by atoms with Crippen molar-refractivity contribution in [3.8, 4) is 0 Å². The van der Waals surface area contributed by atoms with E-state index in [4.69, 9.17) is 0 Å². The lowest BCUT2D eigenvalue weighted by Crippen LogP contribution is -2.32. The number of hydrogen-bond acceptors (Lipinski definition) is 4. The number of nitrogens with zero attached hydrogens (tertiary/aromatic N) is 3. The maximum Gasteiger partial charge on any atom is 0.246 e. The molecular weight excluding hydrogens is 364 g/mol. The molecule has 8 heteroatoms. The standard InChI is InChI=1S/C19H28N4O3S/c1-7-17(16-10-8-13(2)9-11-16)20-18(24)12-23-15(4)19(14(3)21-23)27(25,26)22(5)6/h8-11,17H,7,12H2,1-6H3,(H,20,24)/t17-/m1/s1. The van der Waals surface area contributed by atoms with Gasteiger partial charge in [-0.2, -0.15) is 5.10 Å². The average molecular weight is 393 g/mol. The topological polar surface area (TPSA) is 84.3 Å². The Morgan fingerprint density at radius 1 is 1.19 bits per heavy atom. The molecule has 2 rings (SSSR count). The van der Waals surface area contributed by atoms with Crippen LogP contribution in [0.25, 0.3) is 0 Å². The van der Waals surface area contributed by atoms with E-state index in [1.54, 1.807) is 13.8 Å². The average Bonchev–Trinajstić information content (AvgIpc) is 2.87. The second kappa shape index (κ2) is 8.22. The number of amides is 1. The van der Waals surface area contributed by atoms with Gasteiger partial charge in [-0.1, -0.05) is 36.8 Å². The van der Waals surface area contributed by atoms with Gasteiger partial charge in [0.05, 0.1) is 17.4 Å². The van der Waals surface area contributed by atoms with E-state index in [2.05, 4.69) is 10.4 Å². The van der Waals surface area contributed by atoms with Gasteiger partial charge in [-0.3, -0.25) is 9.48 Å². The van der Waals surface area contributed by atoms with Crippen molar-refractivity contribution in [3.05, 3.63) is 46.8 Å². The number of aryl methyl sites for hydroxylation is 2. The molecule has 0 bridgehead atoms. The maximum atomic E-state index is 12.5. The van der Waals surface area contributed by atoms with Crippen molar-refractivity contribution < 1.29 is 13.2 Å². The molecule has 1 aromatic carbocycles. The molecule has 0 spiro atoms. The highest BCUT2D eigenvalue weighted by Crippen LogP contribution is 2.22. The molecule has 2 aromatic rings. The minimum absolute atomic E-state index is 0.0298. The summed E-state index contributed by atoms with van der Waals surface area (Å²) in [5.41, 5.74) is 3.05. The van der Waals surface area contributed by atoms with Gasteiger partial charge in [-0.15, -0.1) is 0 Å². The van der Waals surface area contributed by atoms with E-state index in [0.717, 1.165) is 21.9 Å². The summed E-state index contributed by atoms with van der Waals surface area (Å²) in [6.45, 7) is 7.30. The fourth-order valence-electron chi connectivity index (χ4n) is 2.99. The molecular formula is C19H28N4O3S. The fraction of sp³-hybridized carbons (Fsp3) is 0.474. The molecule has 1 atom stereocenters. The Hall–Kier alpha value is -2.19. The number of rotatable bonds is 7. The Morgan fingerprint density at radius 2 is 1.78 bits per heavy atom. The summed E-state index contributed by atoms with van der Waals surface area (Å²) in [7, 11) is -0.654. The third kappa shape index (κ3) is 4.56. The molecule has 0 unspecified atom stereocenters. The monoisotopic (exact) mass is 392 g/mol. The molecule has 1 aromatic heterocycles. The Balaban J connectivity index is 2.20. The van der Waals surface area contributed by atoms with Crippen LogP contribution in [-0.4, -0.2) is 42.5 Å². The molecule has 1 amide bonds. The molecule has 0 radical (unpaired) electrons. The van der Waals surface area contributed by atoms with Gasteiger partial charge >= 0.3 is 0 Å². The number of hydrogen-bond donors (Lipinski definition) is 1. The SMILES string of the molecule is CC[C@@H](NC(=O)Cn1nc(C)c(S(=O)(=O)N(C)C)c1C)c1ccc(C)cc1. The summed E-state index contributed by atoms with van der Waals surface area (Å²) in [6, 6.07) is 7.96. The van der Waals surface area contributed by atoms with Gasteiger partial charge in [0, 0.05) is 14.1 Å². The first-order valence-electron chi connectivity index (χ1n) is 8.90. The first kappa shape index (κ1) is 21.1. The number of benzene rings is 1. The van der Waals surface area contributed by atoms with E-state index in [1.165, 1.54) is 18.8 Å². The van der Waals surface area contributed by atoms with E-state index < -0.39 is 10.0 Å². The second-order valence-electron chi connectivity index (χ2n) is 6.88. The molecule has 0 aliphatic rings. The van der Waals surface area contributed by atoms with Crippen molar-refractivity contribution in [3.63, 3.8) is 0 Å². The van der Waals surface area contributed by atoms with Crippen LogP contribution in [0.5, 0.6) is 0 Å². The van der Waals surface area contributed by atoms with Gasteiger partial charge < -0.3 is 5.32 Å². The van der Waals surface area contributed by atoms with Crippen LogP contribution in [-0.2, 0) is 21.4 Å². The maximum absolute atomic E-state index is 12.5. The summed E-state index contributed by atoms with van der Waals surface area (Å²) in [5, 5.41) is 7.28. The number of nitrogens with one attached hydrogen (secondary N) is 1. The van der Waals surface area contributed by atoms with Crippen LogP contribution in [0.2, 0.25) is 0 Å². The molecule has 0 saturated heterocycles. The second-order valence-corrected chi connectivity index (χ2v) is 8.97. The third-order valence-corrected chi connectivity index (χ3v) is 6.64. The number of carbonyl (C=O) groups excluding carboxylic acids is 1. The molecule has 148 valence electrons. The Morgan fingerprint density at radius 3 is 2.30 bits per heavy atom. The van der Waals surface area contributed by atoms with Crippen molar-refractivity contribution in [2.45, 2.75) is 51.6 Å². The molecule has 0 saturated carbocycles. The lowest BCUT2D eigenvalue weighted by molar-refractivity contribution is -0.122. The van der Waals surface area contributed by atoms with Crippen LogP contribution in [0.4, 0.5) is 0 Å². The molecule has 1 heterocycles. The minimum Gasteiger partial charge on any atom is -0.348 e. The van der Waals surface area contributed by atoms with Gasteiger partial charge in [-0.25, -0.2) is 12.7 Å². The van der Waals surface area contributed by atoms with Gasteiger partial charge in [0.2, 0.25) is 15.9 Å². The highest BCUT2D eigenvalue weighted by Gasteiger charge is 2.27. The van der Waals surface area contributed by atoms with Crippen LogP contribution in [0.3, 0.4) is 0 Å². The zero-order chi connectivity index (χ0) is 20.4. The minimum atomic E-state index is -3.61. The van der Waals surface area contributed by atoms with Crippen molar-refractivity contribution in [2.24, 2.45) is 0 Å². The fourth-order valence-corrected chi connectivity index (χ4v) is 4.24. The van der Waals surface area contributed by atoms with Crippen molar-refractivity contribution in [1.82, 2.24) is 19.4 Å². The summed E-state index contributed by atoms with van der Waals surface area (Å²) in [4.78, 5) is 12.7. The first-order valence-corrected chi connectivity index (χ1v) is 10.3. The number of aromatic nitrogens is 2. The van der Waals surface area contributed by atoms with Crippen molar-refractivity contribution >= 4 is 15.9 Å². The largest absolute Gasteiger partial charge is 0.348 e. The molecule has 0 fully saturated rings. The zero-order valence-electron chi connectivity index (χ0n) is 16.8. The highest BCUT2D eigenvalue weighted by atomic mass is 32.2. The van der Waals surface area contributed by atoms with E-state index >= 15 is 0 Å². The molecule has 0 aliphatic heterocycles. The quantitative estimate of drug-likeness (QED) is 0.784. The van der Waals surface area contributed by atoms with Gasteiger partial charge in [0.1, 0.15) is 11.4 Å². The molecule has 0 aliphatic carbocycles. The summed E-state index contributed by atoms with van der Waals surface area (Å²) >= 11 is 0.